The maximum absolute atomic E-state index is 13.0. The molecular formula is C26H24N2O5. The van der Waals surface area contributed by atoms with Gasteiger partial charge >= 0.3 is 5.97 Å². The van der Waals surface area contributed by atoms with Gasteiger partial charge < -0.3 is 10.1 Å². The highest BCUT2D eigenvalue weighted by Crippen LogP contribution is 2.53. The molecule has 1 aliphatic heterocycles. The summed E-state index contributed by atoms with van der Waals surface area (Å²) in [7, 11) is 0. The minimum Gasteiger partial charge on any atom is -0.452 e. The van der Waals surface area contributed by atoms with Crippen LogP contribution in [0.2, 0.25) is 0 Å². The SMILES string of the molecule is Cc1cccc(NC(=O)COC(=O)c2cccc(N3C(=O)[C@@H]4[C@H](C3=O)[C@H]3C=C[C@H]4C3)c2)c1C. The molecule has 0 unspecified atom stereocenters. The van der Waals surface area contributed by atoms with E-state index in [1.807, 2.05) is 38.1 Å². The van der Waals surface area contributed by atoms with Gasteiger partial charge in [0.1, 0.15) is 0 Å². The summed E-state index contributed by atoms with van der Waals surface area (Å²) in [6.07, 6.45) is 4.94. The lowest BCUT2D eigenvalue weighted by Gasteiger charge is -2.18. The molecule has 168 valence electrons. The average molecular weight is 444 g/mol. The Hall–Kier alpha value is -3.74. The van der Waals surface area contributed by atoms with Crippen molar-refractivity contribution >= 4 is 35.1 Å². The van der Waals surface area contributed by atoms with Crippen LogP contribution in [-0.4, -0.2) is 30.3 Å². The van der Waals surface area contributed by atoms with Gasteiger partial charge in [0.15, 0.2) is 6.61 Å². The second-order valence-corrected chi connectivity index (χ2v) is 8.93. The molecule has 3 aliphatic rings. The van der Waals surface area contributed by atoms with Gasteiger partial charge in [-0.25, -0.2) is 9.69 Å². The quantitative estimate of drug-likeness (QED) is 0.433. The summed E-state index contributed by atoms with van der Waals surface area (Å²) < 4.78 is 5.17. The predicted molar refractivity (Wildman–Crippen MR) is 121 cm³/mol. The van der Waals surface area contributed by atoms with Crippen molar-refractivity contribution in [3.8, 4) is 0 Å². The van der Waals surface area contributed by atoms with Crippen LogP contribution in [0.1, 0.15) is 27.9 Å². The van der Waals surface area contributed by atoms with E-state index in [1.54, 1.807) is 18.2 Å². The smallest absolute Gasteiger partial charge is 0.338 e. The van der Waals surface area contributed by atoms with E-state index in [4.69, 9.17) is 4.74 Å². The molecule has 0 aromatic heterocycles. The van der Waals surface area contributed by atoms with Gasteiger partial charge in [-0.2, -0.15) is 0 Å². The van der Waals surface area contributed by atoms with Crippen LogP contribution in [0.5, 0.6) is 0 Å². The Bertz CT molecular complexity index is 1190. The summed E-state index contributed by atoms with van der Waals surface area (Å²) >= 11 is 0. The molecule has 33 heavy (non-hydrogen) atoms. The van der Waals surface area contributed by atoms with E-state index in [2.05, 4.69) is 5.32 Å². The number of hydrogen-bond donors (Lipinski definition) is 1. The summed E-state index contributed by atoms with van der Waals surface area (Å²) in [5.74, 6) is -1.95. The van der Waals surface area contributed by atoms with Gasteiger partial charge in [-0.05, 0) is 67.5 Å². The number of ether oxygens (including phenoxy) is 1. The Balaban J connectivity index is 1.25. The van der Waals surface area contributed by atoms with E-state index in [0.717, 1.165) is 17.5 Å². The fourth-order valence-electron chi connectivity index (χ4n) is 5.22. The number of nitrogens with zero attached hydrogens (tertiary/aromatic N) is 1. The lowest BCUT2D eigenvalue weighted by atomic mass is 9.85. The van der Waals surface area contributed by atoms with E-state index in [1.165, 1.54) is 17.0 Å². The summed E-state index contributed by atoms with van der Waals surface area (Å²) in [5.41, 5.74) is 3.18. The fourth-order valence-corrected chi connectivity index (χ4v) is 5.22. The Morgan fingerprint density at radius 1 is 1.00 bits per heavy atom. The maximum Gasteiger partial charge on any atom is 0.338 e. The van der Waals surface area contributed by atoms with Crippen molar-refractivity contribution in [1.29, 1.82) is 0 Å². The van der Waals surface area contributed by atoms with E-state index in [9.17, 15) is 19.2 Å². The molecule has 5 rings (SSSR count). The van der Waals surface area contributed by atoms with E-state index < -0.39 is 18.5 Å². The molecule has 0 spiro atoms. The van der Waals surface area contributed by atoms with Crippen LogP contribution in [0.15, 0.2) is 54.6 Å². The zero-order valence-electron chi connectivity index (χ0n) is 18.4. The molecule has 2 aromatic rings. The minimum absolute atomic E-state index is 0.116. The monoisotopic (exact) mass is 444 g/mol. The largest absolute Gasteiger partial charge is 0.452 e. The number of fused-ring (bicyclic) bond motifs is 5. The van der Waals surface area contributed by atoms with Gasteiger partial charge in [-0.15, -0.1) is 0 Å². The highest BCUT2D eigenvalue weighted by atomic mass is 16.5. The number of benzene rings is 2. The van der Waals surface area contributed by atoms with Crippen molar-refractivity contribution in [2.75, 3.05) is 16.8 Å². The van der Waals surface area contributed by atoms with Crippen LogP contribution < -0.4 is 10.2 Å². The van der Waals surface area contributed by atoms with Crippen molar-refractivity contribution < 1.29 is 23.9 Å². The summed E-state index contributed by atoms with van der Waals surface area (Å²) in [4.78, 5) is 52.0. The first-order valence-corrected chi connectivity index (χ1v) is 11.0. The van der Waals surface area contributed by atoms with Gasteiger partial charge in [-0.1, -0.05) is 30.4 Å². The molecule has 0 radical (unpaired) electrons. The molecule has 2 aliphatic carbocycles. The topological polar surface area (TPSA) is 92.8 Å². The van der Waals surface area contributed by atoms with Gasteiger partial charge in [0.25, 0.3) is 5.91 Å². The molecule has 2 bridgehead atoms. The number of anilines is 2. The first-order chi connectivity index (χ1) is 15.8. The van der Waals surface area contributed by atoms with E-state index >= 15 is 0 Å². The Labute approximate surface area is 191 Å². The second kappa shape index (κ2) is 7.99. The van der Waals surface area contributed by atoms with Crippen LogP contribution >= 0.6 is 0 Å². The molecule has 3 amide bonds. The number of allylic oxidation sites excluding steroid dienone is 2. The number of imide groups is 1. The van der Waals surface area contributed by atoms with Crippen molar-refractivity contribution in [2.24, 2.45) is 23.7 Å². The average Bonchev–Trinajstić information content (AvgIpc) is 3.49. The molecule has 1 N–H and O–H groups in total. The first-order valence-electron chi connectivity index (χ1n) is 11.0. The molecule has 1 heterocycles. The molecular weight excluding hydrogens is 420 g/mol. The summed E-state index contributed by atoms with van der Waals surface area (Å²) in [6.45, 7) is 3.40. The Morgan fingerprint density at radius 3 is 2.36 bits per heavy atom. The van der Waals surface area contributed by atoms with Gasteiger partial charge in [0, 0.05) is 5.69 Å². The number of carbonyl (C=O) groups excluding carboxylic acids is 4. The number of rotatable bonds is 5. The molecule has 4 atom stereocenters. The lowest BCUT2D eigenvalue weighted by Crippen LogP contribution is -2.33. The number of carbonyl (C=O) groups is 4. The molecule has 2 aromatic carbocycles. The third-order valence-electron chi connectivity index (χ3n) is 7.02. The van der Waals surface area contributed by atoms with Crippen LogP contribution in [-0.2, 0) is 19.1 Å². The zero-order valence-corrected chi connectivity index (χ0v) is 18.4. The van der Waals surface area contributed by atoms with Gasteiger partial charge in [-0.3, -0.25) is 14.4 Å². The van der Waals surface area contributed by atoms with Gasteiger partial charge in [0.05, 0.1) is 23.1 Å². The fraction of sp³-hybridized carbons (Fsp3) is 0.308. The number of amides is 3. The highest BCUT2D eigenvalue weighted by Gasteiger charge is 2.59. The standard InChI is InChI=1S/C26H24N2O5/c1-14-5-3-8-20(15(14)2)27-21(29)13-33-26(32)18-6-4-7-19(12-18)28-24(30)22-16-9-10-17(11-16)23(22)25(28)31/h3-10,12,16-17,22-23H,11,13H2,1-2H3,(H,27,29)/t16-,17-,22-,23+/m0/s1. The van der Waals surface area contributed by atoms with Crippen molar-refractivity contribution in [1.82, 2.24) is 0 Å². The Kier molecular flexibility index (Phi) is 5.12. The molecule has 7 heteroatoms. The van der Waals surface area contributed by atoms with Crippen LogP contribution in [0.3, 0.4) is 0 Å². The zero-order chi connectivity index (χ0) is 23.3. The predicted octanol–water partition coefficient (Wildman–Crippen LogP) is 3.41. The molecule has 2 fully saturated rings. The van der Waals surface area contributed by atoms with Crippen molar-refractivity contribution in [2.45, 2.75) is 20.3 Å². The summed E-state index contributed by atoms with van der Waals surface area (Å²) in [5, 5.41) is 2.74. The highest BCUT2D eigenvalue weighted by molar-refractivity contribution is 6.23. The van der Waals surface area contributed by atoms with Crippen LogP contribution in [0.4, 0.5) is 11.4 Å². The van der Waals surface area contributed by atoms with Crippen molar-refractivity contribution in [3.05, 3.63) is 71.3 Å². The first kappa shape index (κ1) is 21.1. The third-order valence-corrected chi connectivity index (χ3v) is 7.02. The van der Waals surface area contributed by atoms with Crippen LogP contribution in [0, 0.1) is 37.5 Å². The Morgan fingerprint density at radius 2 is 1.67 bits per heavy atom. The molecule has 1 saturated carbocycles. The molecule has 1 saturated heterocycles. The van der Waals surface area contributed by atoms with Gasteiger partial charge in [0.2, 0.25) is 11.8 Å². The summed E-state index contributed by atoms with van der Waals surface area (Å²) in [6, 6.07) is 11.8. The third kappa shape index (κ3) is 3.53. The number of esters is 1. The van der Waals surface area contributed by atoms with E-state index in [-0.39, 0.29) is 41.0 Å². The number of aryl methyl sites for hydroxylation is 1. The lowest BCUT2D eigenvalue weighted by molar-refractivity contribution is -0.123. The minimum atomic E-state index is -0.700. The normalized spacial score (nSPS) is 24.8. The van der Waals surface area contributed by atoms with Crippen molar-refractivity contribution in [3.63, 3.8) is 0 Å². The molecule has 7 nitrogen and oxygen atoms in total. The maximum atomic E-state index is 13.0. The number of hydrogen-bond acceptors (Lipinski definition) is 5. The number of nitrogens with one attached hydrogen (secondary N) is 1. The second-order valence-electron chi connectivity index (χ2n) is 8.93. The van der Waals surface area contributed by atoms with Crippen LogP contribution in [0.25, 0.3) is 0 Å². The van der Waals surface area contributed by atoms with E-state index in [0.29, 0.717) is 11.4 Å².